The molecule has 56 heavy (non-hydrogen) atoms. The summed E-state index contributed by atoms with van der Waals surface area (Å²) in [5.41, 5.74) is 8.66. The maximum Gasteiger partial charge on any atom is 0.407 e. The largest absolute Gasteiger partial charge is 0.453 e. The minimum Gasteiger partial charge on any atom is -0.453 e. The monoisotopic (exact) mass is 753 g/mol. The Morgan fingerprint density at radius 3 is 2.29 bits per heavy atom. The summed E-state index contributed by atoms with van der Waals surface area (Å²) >= 11 is 0. The van der Waals surface area contributed by atoms with Gasteiger partial charge in [0.2, 0.25) is 11.8 Å². The number of rotatable bonds is 11. The number of aliphatic imine (C=N–C) groups is 1. The molecule has 3 N–H and O–H groups in total. The molecule has 8 rings (SSSR count). The van der Waals surface area contributed by atoms with Gasteiger partial charge in [-0.15, -0.1) is 0 Å². The molecular weight excluding hydrogens is 703 g/mol. The zero-order chi connectivity index (χ0) is 38.9. The Kier molecular flexibility index (Phi) is 10.6. The van der Waals surface area contributed by atoms with Crippen molar-refractivity contribution in [2.45, 2.75) is 77.4 Å². The van der Waals surface area contributed by atoms with E-state index >= 15 is 0 Å². The molecule has 2 aromatic heterocycles. The SMILES string of the molecule is COC(=O)N[C@H](C(=O)N1CCC[C@H]1c1ncc(-c2ccc(-c3ccc(C4=CN=C(C5C6CCC(C6)[C@H]5C(=O)NC(C)c5cccnc5)C4)cc3)cc2)[nH]1)C(C)C. The van der Waals surface area contributed by atoms with Crippen LogP contribution in [0, 0.1) is 29.6 Å². The fourth-order valence-electron chi connectivity index (χ4n) is 9.57. The van der Waals surface area contributed by atoms with Crippen molar-refractivity contribution >= 4 is 29.2 Å². The molecule has 11 heteroatoms. The van der Waals surface area contributed by atoms with Gasteiger partial charge in [0.15, 0.2) is 0 Å². The van der Waals surface area contributed by atoms with E-state index in [1.54, 1.807) is 6.20 Å². The van der Waals surface area contributed by atoms with Gasteiger partial charge >= 0.3 is 6.09 Å². The first kappa shape index (κ1) is 37.3. The molecule has 2 aliphatic carbocycles. The normalized spacial score (nSPS) is 23.8. The van der Waals surface area contributed by atoms with E-state index in [2.05, 4.69) is 69.1 Å². The molecule has 7 atom stereocenters. The lowest BCUT2D eigenvalue weighted by atomic mass is 9.74. The van der Waals surface area contributed by atoms with Crippen LogP contribution >= 0.6 is 0 Å². The van der Waals surface area contributed by atoms with Gasteiger partial charge in [-0.05, 0) is 96.2 Å². The second-order valence-electron chi connectivity index (χ2n) is 16.2. The van der Waals surface area contributed by atoms with Gasteiger partial charge in [0, 0.05) is 49.1 Å². The summed E-state index contributed by atoms with van der Waals surface area (Å²) in [5.74, 6) is 1.79. The van der Waals surface area contributed by atoms with E-state index in [1.807, 2.05) is 56.4 Å². The molecule has 3 amide bonds. The molecule has 4 aromatic rings. The highest BCUT2D eigenvalue weighted by Gasteiger charge is 2.53. The average molecular weight is 754 g/mol. The number of aromatic amines is 1. The number of nitrogens with zero attached hydrogens (tertiary/aromatic N) is 4. The fraction of sp³-hybridized carbons (Fsp3) is 0.422. The number of aromatic nitrogens is 3. The Hall–Kier alpha value is -5.58. The molecule has 4 aliphatic rings. The standard InChI is InChI=1S/C45H51N7O4/c1-26(2)41(51-45(55)56-4)44(54)52-20-6-8-38(52)42-48-25-37(50-42)31-15-13-29(14-16-31)28-9-11-30(12-10-28)35-22-36(47-24-35)39-32-17-18-33(21-32)40(39)43(53)49-27(3)34-7-5-19-46-23-34/h5,7,9-16,19,23-27,32-33,38-41H,6,8,17-18,20-22H2,1-4H3,(H,48,50)(H,49,53)(H,51,55)/t27?,32?,33?,38-,39?,40+,41-/m0/s1. The first-order valence-electron chi connectivity index (χ1n) is 20.1. The lowest BCUT2D eigenvalue weighted by molar-refractivity contribution is -0.135. The zero-order valence-corrected chi connectivity index (χ0v) is 32.6. The van der Waals surface area contributed by atoms with Crippen molar-refractivity contribution < 1.29 is 19.1 Å². The maximum atomic E-state index is 13.7. The van der Waals surface area contributed by atoms with Crippen molar-refractivity contribution in [3.63, 3.8) is 0 Å². The number of amides is 3. The number of alkyl carbamates (subject to hydrolysis) is 1. The number of pyridine rings is 1. The molecule has 0 radical (unpaired) electrons. The van der Waals surface area contributed by atoms with Crippen LogP contribution in [0.25, 0.3) is 28.0 Å². The van der Waals surface area contributed by atoms with Crippen molar-refractivity contribution in [2.75, 3.05) is 13.7 Å². The predicted molar refractivity (Wildman–Crippen MR) is 216 cm³/mol. The highest BCUT2D eigenvalue weighted by Crippen LogP contribution is 2.54. The minimum atomic E-state index is -0.674. The highest BCUT2D eigenvalue weighted by atomic mass is 16.5. The van der Waals surface area contributed by atoms with E-state index in [9.17, 15) is 14.4 Å². The smallest absolute Gasteiger partial charge is 0.407 e. The number of carbonyl (C=O) groups excluding carboxylic acids is 3. The van der Waals surface area contributed by atoms with Crippen molar-refractivity contribution in [2.24, 2.45) is 34.6 Å². The van der Waals surface area contributed by atoms with E-state index in [-0.39, 0.29) is 41.7 Å². The number of hydrogen-bond acceptors (Lipinski definition) is 7. The first-order valence-corrected chi connectivity index (χ1v) is 20.1. The highest BCUT2D eigenvalue weighted by molar-refractivity contribution is 6.02. The van der Waals surface area contributed by atoms with Gasteiger partial charge in [-0.2, -0.15) is 0 Å². The van der Waals surface area contributed by atoms with Gasteiger partial charge in [0.05, 0.1) is 31.1 Å². The number of allylic oxidation sites excluding steroid dienone is 1. The van der Waals surface area contributed by atoms with E-state index in [4.69, 9.17) is 14.7 Å². The topological polar surface area (TPSA) is 142 Å². The van der Waals surface area contributed by atoms with Gasteiger partial charge in [-0.25, -0.2) is 9.78 Å². The van der Waals surface area contributed by atoms with Crippen LogP contribution in [0.15, 0.2) is 90.4 Å². The Bertz CT molecular complexity index is 2120. The van der Waals surface area contributed by atoms with Gasteiger partial charge < -0.3 is 25.3 Å². The Balaban J connectivity index is 0.893. The third kappa shape index (κ3) is 7.39. The summed E-state index contributed by atoms with van der Waals surface area (Å²) in [6.45, 7) is 6.47. The Morgan fingerprint density at radius 1 is 0.875 bits per heavy atom. The summed E-state index contributed by atoms with van der Waals surface area (Å²) in [5, 5.41) is 6.01. The molecule has 290 valence electrons. The molecule has 2 aromatic carbocycles. The van der Waals surface area contributed by atoms with Crippen LogP contribution in [-0.4, -0.2) is 63.2 Å². The van der Waals surface area contributed by atoms with Crippen LogP contribution in [0.2, 0.25) is 0 Å². The second kappa shape index (κ2) is 15.9. The van der Waals surface area contributed by atoms with Crippen LogP contribution in [0.1, 0.15) is 88.3 Å². The van der Waals surface area contributed by atoms with Crippen LogP contribution < -0.4 is 10.6 Å². The molecule has 0 spiro atoms. The number of benzene rings is 2. The summed E-state index contributed by atoms with van der Waals surface area (Å²) in [6.07, 6.45) is 12.7. The van der Waals surface area contributed by atoms with Gasteiger partial charge in [-0.3, -0.25) is 19.6 Å². The number of ether oxygens (including phenoxy) is 1. The third-order valence-electron chi connectivity index (χ3n) is 12.5. The number of carbonyl (C=O) groups is 3. The number of fused-ring (bicyclic) bond motifs is 2. The molecule has 4 unspecified atom stereocenters. The maximum absolute atomic E-state index is 13.7. The minimum absolute atomic E-state index is 0.0287. The van der Waals surface area contributed by atoms with Gasteiger partial charge in [0.1, 0.15) is 11.9 Å². The molecule has 4 heterocycles. The van der Waals surface area contributed by atoms with Crippen molar-refractivity contribution in [1.82, 2.24) is 30.5 Å². The molecule has 1 saturated heterocycles. The summed E-state index contributed by atoms with van der Waals surface area (Å²) in [6, 6.07) is 20.1. The summed E-state index contributed by atoms with van der Waals surface area (Å²) in [7, 11) is 1.30. The lowest BCUT2D eigenvalue weighted by Gasteiger charge is -2.31. The number of imidazole rings is 1. The Morgan fingerprint density at radius 2 is 1.59 bits per heavy atom. The quantitative estimate of drug-likeness (QED) is 0.142. The zero-order valence-electron chi connectivity index (χ0n) is 32.6. The molecule has 2 bridgehead atoms. The van der Waals surface area contributed by atoms with Crippen molar-refractivity contribution in [1.29, 1.82) is 0 Å². The lowest BCUT2D eigenvalue weighted by Crippen LogP contribution is -2.51. The van der Waals surface area contributed by atoms with Crippen molar-refractivity contribution in [3.05, 3.63) is 102 Å². The Labute approximate surface area is 328 Å². The predicted octanol–water partition coefficient (Wildman–Crippen LogP) is 7.91. The van der Waals surface area contributed by atoms with Crippen LogP contribution in [0.3, 0.4) is 0 Å². The second-order valence-corrected chi connectivity index (χ2v) is 16.2. The van der Waals surface area contributed by atoms with Gasteiger partial charge in [0.25, 0.3) is 0 Å². The fourth-order valence-corrected chi connectivity index (χ4v) is 9.57. The molecular formula is C45H51N7O4. The van der Waals surface area contributed by atoms with Gasteiger partial charge in [-0.1, -0.05) is 68.4 Å². The van der Waals surface area contributed by atoms with E-state index < -0.39 is 12.1 Å². The molecule has 2 aliphatic heterocycles. The molecule has 2 saturated carbocycles. The van der Waals surface area contributed by atoms with Crippen LogP contribution in [0.5, 0.6) is 0 Å². The summed E-state index contributed by atoms with van der Waals surface area (Å²) < 4.78 is 4.77. The van der Waals surface area contributed by atoms with E-state index in [0.29, 0.717) is 18.4 Å². The number of likely N-dealkylation sites (tertiary alicyclic amines) is 1. The number of hydrogen-bond donors (Lipinski definition) is 3. The number of H-pyrrole nitrogens is 1. The van der Waals surface area contributed by atoms with E-state index in [0.717, 1.165) is 77.2 Å². The first-order chi connectivity index (χ1) is 27.2. The molecule has 11 nitrogen and oxygen atoms in total. The van der Waals surface area contributed by atoms with Crippen LogP contribution in [-0.2, 0) is 14.3 Å². The van der Waals surface area contributed by atoms with Crippen molar-refractivity contribution in [3.8, 4) is 22.4 Å². The van der Waals surface area contributed by atoms with E-state index in [1.165, 1.54) is 19.1 Å². The third-order valence-corrected chi connectivity index (χ3v) is 12.5. The number of nitrogens with one attached hydrogen (secondary N) is 3. The number of methoxy groups -OCH3 is 1. The summed E-state index contributed by atoms with van der Waals surface area (Å²) in [4.78, 5) is 58.4. The average Bonchev–Trinajstić information content (AvgIpc) is 4.08. The molecule has 3 fully saturated rings. The van der Waals surface area contributed by atoms with Crippen LogP contribution in [0.4, 0.5) is 4.79 Å².